The molecule has 33 heavy (non-hydrogen) atoms. The average molecular weight is 467 g/mol. The molecule has 0 unspecified atom stereocenters. The number of nitrogens with one attached hydrogen (secondary N) is 1. The molecule has 6 rings (SSSR count). The Morgan fingerprint density at radius 1 is 1.03 bits per heavy atom. The number of hydrogen-bond acceptors (Lipinski definition) is 8. The first-order chi connectivity index (χ1) is 16.1. The van der Waals surface area contributed by atoms with Gasteiger partial charge in [0.1, 0.15) is 10.3 Å². The van der Waals surface area contributed by atoms with Gasteiger partial charge in [0.25, 0.3) is 0 Å². The Balaban J connectivity index is 1.06. The van der Waals surface area contributed by atoms with Crippen LogP contribution in [0.4, 0.5) is 0 Å². The lowest BCUT2D eigenvalue weighted by Crippen LogP contribution is -2.47. The van der Waals surface area contributed by atoms with Crippen LogP contribution in [0.2, 0.25) is 0 Å². The summed E-state index contributed by atoms with van der Waals surface area (Å²) in [7, 11) is 2.16. The number of rotatable bonds is 5. The fourth-order valence-corrected chi connectivity index (χ4v) is 6.33. The summed E-state index contributed by atoms with van der Waals surface area (Å²) in [6, 6.07) is 6.25. The van der Waals surface area contributed by atoms with Gasteiger partial charge in [-0.05, 0) is 36.7 Å². The topological polar surface area (TPSA) is 69.9 Å². The number of hydrogen-bond donors (Lipinski definition) is 1. The van der Waals surface area contributed by atoms with Gasteiger partial charge in [-0.15, -0.1) is 11.3 Å². The maximum Gasteiger partial charge on any atom is 0.231 e. The van der Waals surface area contributed by atoms with Crippen molar-refractivity contribution in [3.8, 4) is 11.5 Å². The second-order valence-corrected chi connectivity index (χ2v) is 10.3. The van der Waals surface area contributed by atoms with E-state index in [-0.39, 0.29) is 0 Å². The van der Waals surface area contributed by atoms with Crippen LogP contribution in [0.5, 0.6) is 11.5 Å². The molecule has 174 valence electrons. The second kappa shape index (κ2) is 8.72. The number of piperazine rings is 1. The van der Waals surface area contributed by atoms with E-state index in [9.17, 15) is 0 Å². The summed E-state index contributed by atoms with van der Waals surface area (Å²) in [6.07, 6.45) is 2.89. The third-order valence-corrected chi connectivity index (χ3v) is 8.16. The van der Waals surface area contributed by atoms with E-state index in [4.69, 9.17) is 19.9 Å². The van der Waals surface area contributed by atoms with E-state index in [1.165, 1.54) is 16.0 Å². The smallest absolute Gasteiger partial charge is 0.231 e. The fourth-order valence-electron chi connectivity index (χ4n) is 5.06. The van der Waals surface area contributed by atoms with Crippen LogP contribution in [-0.2, 0) is 26.1 Å². The Morgan fingerprint density at radius 2 is 1.85 bits per heavy atom. The Kier molecular flexibility index (Phi) is 5.57. The Morgan fingerprint density at radius 3 is 2.73 bits per heavy atom. The van der Waals surface area contributed by atoms with Crippen molar-refractivity contribution in [2.45, 2.75) is 26.1 Å². The molecule has 3 aliphatic rings. The first kappa shape index (κ1) is 21.1. The molecule has 5 heterocycles. The average Bonchev–Trinajstić information content (AvgIpc) is 3.43. The highest BCUT2D eigenvalue weighted by Gasteiger charge is 2.22. The molecular weight excluding hydrogens is 436 g/mol. The molecule has 8 nitrogen and oxygen atoms in total. The third kappa shape index (κ3) is 4.14. The number of likely N-dealkylation sites (N-methyl/N-ethyl adjacent to an activating group) is 1. The predicted molar refractivity (Wildman–Crippen MR) is 128 cm³/mol. The molecule has 0 saturated carbocycles. The van der Waals surface area contributed by atoms with Gasteiger partial charge < -0.3 is 18.9 Å². The molecule has 3 aromatic rings. The zero-order chi connectivity index (χ0) is 22.4. The highest BCUT2D eigenvalue weighted by molar-refractivity contribution is 7.18. The minimum Gasteiger partial charge on any atom is -0.454 e. The largest absolute Gasteiger partial charge is 0.454 e. The summed E-state index contributed by atoms with van der Waals surface area (Å²) in [4.78, 5) is 14.5. The Labute approximate surface area is 197 Å². The van der Waals surface area contributed by atoms with Crippen molar-refractivity contribution in [2.24, 2.45) is 0 Å². The van der Waals surface area contributed by atoms with E-state index in [0.29, 0.717) is 12.3 Å². The molecule has 0 bridgehead atoms. The zero-order valence-electron chi connectivity index (χ0n) is 19.0. The number of thiophene rings is 1. The van der Waals surface area contributed by atoms with Gasteiger partial charge in [0, 0.05) is 63.8 Å². The summed E-state index contributed by atoms with van der Waals surface area (Å²) in [5.74, 6) is 1.71. The fraction of sp³-hybridized carbons (Fsp3) is 0.500. The quantitative estimate of drug-likeness (QED) is 0.621. The third-order valence-electron chi connectivity index (χ3n) is 7.03. The summed E-state index contributed by atoms with van der Waals surface area (Å²) in [5, 5.41) is 9.93. The van der Waals surface area contributed by atoms with Crippen molar-refractivity contribution >= 4 is 21.6 Å². The molecule has 0 aliphatic carbocycles. The van der Waals surface area contributed by atoms with Crippen LogP contribution < -0.4 is 15.0 Å². The van der Waals surface area contributed by atoms with E-state index >= 15 is 0 Å². The lowest BCUT2D eigenvalue weighted by atomic mass is 10.1. The molecule has 0 atom stereocenters. The number of nitrogens with zero attached hydrogens (tertiary/aromatic N) is 5. The lowest BCUT2D eigenvalue weighted by Gasteiger charge is -2.34. The molecule has 2 aromatic heterocycles. The van der Waals surface area contributed by atoms with Crippen molar-refractivity contribution in [2.75, 3.05) is 53.1 Å². The van der Waals surface area contributed by atoms with Crippen LogP contribution in [0.3, 0.4) is 0 Å². The van der Waals surface area contributed by atoms with Gasteiger partial charge in [-0.1, -0.05) is 6.07 Å². The minimum atomic E-state index is 0.324. The summed E-state index contributed by atoms with van der Waals surface area (Å²) in [6.45, 7) is 9.27. The van der Waals surface area contributed by atoms with E-state index in [1.807, 2.05) is 17.0 Å². The van der Waals surface area contributed by atoms with E-state index in [0.717, 1.165) is 87.0 Å². The van der Waals surface area contributed by atoms with Crippen LogP contribution >= 0.6 is 11.3 Å². The maximum absolute atomic E-state index is 8.84. The first-order valence-electron chi connectivity index (χ1n) is 11.7. The van der Waals surface area contributed by atoms with Gasteiger partial charge in [-0.3, -0.25) is 15.2 Å². The van der Waals surface area contributed by atoms with Gasteiger partial charge in [0.2, 0.25) is 6.79 Å². The maximum atomic E-state index is 8.84. The Hall–Kier alpha value is -2.46. The molecular formula is C24H30N6O2S. The second-order valence-electron chi connectivity index (χ2n) is 9.26. The molecule has 0 radical (unpaired) electrons. The van der Waals surface area contributed by atoms with E-state index in [2.05, 4.69) is 33.9 Å². The molecule has 1 fully saturated rings. The van der Waals surface area contributed by atoms with Crippen LogP contribution in [0, 0.1) is 5.41 Å². The summed E-state index contributed by atoms with van der Waals surface area (Å²) >= 11 is 1.76. The number of ether oxygens (including phenoxy) is 2. The zero-order valence-corrected chi connectivity index (χ0v) is 19.9. The van der Waals surface area contributed by atoms with Crippen LogP contribution in [-0.4, -0.2) is 77.4 Å². The first-order valence-corrected chi connectivity index (χ1v) is 12.5. The standard InChI is InChI=1S/C24H30N6O2S/c1-27-5-4-18-21(14-27)33-24-22(18)23(25)30(15-26-24)11-10-28-6-8-29(9-7-28)13-17-2-3-19-20(12-17)32-16-31-19/h2-3,12,15,25H,4-11,13-14,16H2,1H3. The van der Waals surface area contributed by atoms with Crippen LogP contribution in [0.25, 0.3) is 10.2 Å². The molecule has 1 saturated heterocycles. The Bertz CT molecular complexity index is 1230. The monoisotopic (exact) mass is 466 g/mol. The van der Waals surface area contributed by atoms with E-state index in [1.54, 1.807) is 11.3 Å². The molecule has 0 spiro atoms. The van der Waals surface area contributed by atoms with Crippen molar-refractivity contribution in [3.63, 3.8) is 0 Å². The van der Waals surface area contributed by atoms with E-state index < -0.39 is 0 Å². The van der Waals surface area contributed by atoms with Crippen molar-refractivity contribution in [1.82, 2.24) is 24.3 Å². The van der Waals surface area contributed by atoms with Crippen LogP contribution in [0.15, 0.2) is 24.5 Å². The van der Waals surface area contributed by atoms with Gasteiger partial charge in [0.05, 0.1) is 11.7 Å². The van der Waals surface area contributed by atoms with Gasteiger partial charge >= 0.3 is 0 Å². The predicted octanol–water partition coefficient (Wildman–Crippen LogP) is 2.11. The lowest BCUT2D eigenvalue weighted by molar-refractivity contribution is 0.123. The van der Waals surface area contributed by atoms with Crippen LogP contribution in [0.1, 0.15) is 16.0 Å². The highest BCUT2D eigenvalue weighted by Crippen LogP contribution is 2.33. The summed E-state index contributed by atoms with van der Waals surface area (Å²) < 4.78 is 13.0. The van der Waals surface area contributed by atoms with Gasteiger partial charge in [-0.2, -0.15) is 0 Å². The molecule has 1 aromatic carbocycles. The van der Waals surface area contributed by atoms with Crippen molar-refractivity contribution < 1.29 is 9.47 Å². The van der Waals surface area contributed by atoms with Crippen molar-refractivity contribution in [3.05, 3.63) is 46.0 Å². The minimum absolute atomic E-state index is 0.324. The number of fused-ring (bicyclic) bond motifs is 4. The highest BCUT2D eigenvalue weighted by atomic mass is 32.1. The van der Waals surface area contributed by atoms with Gasteiger partial charge in [0.15, 0.2) is 11.5 Å². The molecule has 3 aliphatic heterocycles. The molecule has 1 N–H and O–H groups in total. The summed E-state index contributed by atoms with van der Waals surface area (Å²) in [5.41, 5.74) is 3.26. The normalized spacial score (nSPS) is 19.3. The molecule has 0 amide bonds. The number of aromatic nitrogens is 2. The number of benzene rings is 1. The van der Waals surface area contributed by atoms with Crippen molar-refractivity contribution in [1.29, 1.82) is 5.41 Å². The SMILES string of the molecule is CN1CCc2c(sc3ncn(CCN4CCN(Cc5ccc6c(c5)OCO6)CC4)c(=N)c23)C1. The van der Waals surface area contributed by atoms with Gasteiger partial charge in [-0.25, -0.2) is 4.98 Å². The molecule has 9 heteroatoms.